The molecule has 2 saturated heterocycles. The Morgan fingerprint density at radius 1 is 1.43 bits per heavy atom. The lowest BCUT2D eigenvalue weighted by Crippen LogP contribution is -2.47. The van der Waals surface area contributed by atoms with Crippen LogP contribution in [0.5, 0.6) is 0 Å². The molecule has 0 bridgehead atoms. The van der Waals surface area contributed by atoms with E-state index >= 15 is 0 Å². The Balaban J connectivity index is 1.49. The molecule has 2 fully saturated rings. The first kappa shape index (κ1) is 14.0. The highest BCUT2D eigenvalue weighted by molar-refractivity contribution is 5.85. The predicted octanol–water partition coefficient (Wildman–Crippen LogP) is 0.187. The number of rotatable bonds is 4. The molecule has 0 aliphatic carbocycles. The van der Waals surface area contributed by atoms with Gasteiger partial charge >= 0.3 is 0 Å². The van der Waals surface area contributed by atoms with Crippen molar-refractivity contribution in [1.82, 2.24) is 25.0 Å². The first-order valence-corrected chi connectivity index (χ1v) is 7.58. The van der Waals surface area contributed by atoms with Crippen LogP contribution < -0.4 is 5.32 Å². The predicted molar refractivity (Wildman–Crippen MR) is 75.1 cm³/mol. The smallest absolute Gasteiger partial charge is 0.228 e. The number of carbonyl (C=O) groups excluding carboxylic acids is 2. The summed E-state index contributed by atoms with van der Waals surface area (Å²) in [6, 6.07) is 0. The number of piperidine rings is 1. The third-order valence-electron chi connectivity index (χ3n) is 4.55. The Labute approximate surface area is 123 Å². The first-order chi connectivity index (χ1) is 10.2. The molecule has 2 aliphatic rings. The second-order valence-electron chi connectivity index (χ2n) is 5.97. The number of amides is 2. The quantitative estimate of drug-likeness (QED) is 0.858. The van der Waals surface area contributed by atoms with Crippen LogP contribution in [0, 0.1) is 5.41 Å². The molecular weight excluding hydrogens is 270 g/mol. The van der Waals surface area contributed by atoms with Crippen molar-refractivity contribution in [2.45, 2.75) is 38.6 Å². The lowest BCUT2D eigenvalue weighted by molar-refractivity contribution is -0.134. The van der Waals surface area contributed by atoms with Crippen molar-refractivity contribution in [3.63, 3.8) is 0 Å². The molecule has 2 amide bonds. The number of hydrogen-bond donors (Lipinski definition) is 1. The van der Waals surface area contributed by atoms with Crippen LogP contribution in [0.4, 0.5) is 0 Å². The van der Waals surface area contributed by atoms with Crippen LogP contribution in [0.2, 0.25) is 0 Å². The van der Waals surface area contributed by atoms with Gasteiger partial charge in [-0.2, -0.15) is 5.10 Å². The van der Waals surface area contributed by atoms with E-state index in [0.717, 1.165) is 32.2 Å². The highest BCUT2D eigenvalue weighted by Crippen LogP contribution is 2.37. The standard InChI is InChI=1S/C14H21N5O2/c20-12(3-1-7-19-11-15-10-17-19)18-8-5-14(9-18)4-2-6-16-13(14)21/h10-11H,1-9H2,(H,16,21)/t14-/m1/s1. The van der Waals surface area contributed by atoms with Crippen molar-refractivity contribution in [2.75, 3.05) is 19.6 Å². The van der Waals surface area contributed by atoms with E-state index in [1.807, 2.05) is 4.90 Å². The zero-order valence-electron chi connectivity index (χ0n) is 12.1. The molecule has 114 valence electrons. The lowest BCUT2D eigenvalue weighted by Gasteiger charge is -2.32. The van der Waals surface area contributed by atoms with Gasteiger partial charge in [0.1, 0.15) is 12.7 Å². The van der Waals surface area contributed by atoms with E-state index in [-0.39, 0.29) is 17.2 Å². The van der Waals surface area contributed by atoms with Crippen molar-refractivity contribution in [1.29, 1.82) is 0 Å². The van der Waals surface area contributed by atoms with E-state index < -0.39 is 0 Å². The zero-order chi connectivity index (χ0) is 14.7. The number of likely N-dealkylation sites (tertiary alicyclic amines) is 1. The third kappa shape index (κ3) is 2.91. The van der Waals surface area contributed by atoms with Crippen molar-refractivity contribution < 1.29 is 9.59 Å². The molecule has 1 aromatic rings. The second kappa shape index (κ2) is 5.83. The van der Waals surface area contributed by atoms with E-state index in [9.17, 15) is 9.59 Å². The van der Waals surface area contributed by atoms with Crippen LogP contribution in [-0.4, -0.2) is 51.1 Å². The molecule has 7 heteroatoms. The minimum atomic E-state index is -0.320. The van der Waals surface area contributed by atoms with Crippen LogP contribution in [0.25, 0.3) is 0 Å². The molecule has 0 saturated carbocycles. The van der Waals surface area contributed by atoms with Crippen molar-refractivity contribution in [3.05, 3.63) is 12.7 Å². The molecule has 3 heterocycles. The summed E-state index contributed by atoms with van der Waals surface area (Å²) in [6.45, 7) is 2.76. The number of nitrogens with one attached hydrogen (secondary N) is 1. The molecule has 2 aliphatic heterocycles. The molecule has 3 rings (SSSR count). The lowest BCUT2D eigenvalue weighted by atomic mass is 9.79. The van der Waals surface area contributed by atoms with Gasteiger partial charge in [-0.3, -0.25) is 14.3 Å². The summed E-state index contributed by atoms with van der Waals surface area (Å²) >= 11 is 0. The topological polar surface area (TPSA) is 80.1 Å². The Bertz CT molecular complexity index is 515. The largest absolute Gasteiger partial charge is 0.356 e. The molecule has 0 radical (unpaired) electrons. The SMILES string of the molecule is O=C(CCCn1cncn1)N1CC[C@]2(CCCNC2=O)C1. The van der Waals surface area contributed by atoms with Crippen LogP contribution >= 0.6 is 0 Å². The van der Waals surface area contributed by atoms with E-state index in [0.29, 0.717) is 26.1 Å². The Kier molecular flexibility index (Phi) is 3.90. The first-order valence-electron chi connectivity index (χ1n) is 7.58. The minimum Gasteiger partial charge on any atom is -0.356 e. The molecule has 1 N–H and O–H groups in total. The van der Waals surface area contributed by atoms with Gasteiger partial charge in [0, 0.05) is 32.6 Å². The summed E-state index contributed by atoms with van der Waals surface area (Å²) in [4.78, 5) is 30.1. The number of aromatic nitrogens is 3. The molecule has 1 aromatic heterocycles. The maximum absolute atomic E-state index is 12.3. The van der Waals surface area contributed by atoms with Gasteiger partial charge in [0.05, 0.1) is 5.41 Å². The van der Waals surface area contributed by atoms with Gasteiger partial charge in [0.25, 0.3) is 0 Å². The van der Waals surface area contributed by atoms with Gasteiger partial charge in [0.15, 0.2) is 0 Å². The number of aryl methyl sites for hydroxylation is 1. The van der Waals surface area contributed by atoms with Crippen LogP contribution in [0.15, 0.2) is 12.7 Å². The maximum atomic E-state index is 12.3. The number of nitrogens with zero attached hydrogens (tertiary/aromatic N) is 4. The molecule has 7 nitrogen and oxygen atoms in total. The Morgan fingerprint density at radius 2 is 2.33 bits per heavy atom. The summed E-state index contributed by atoms with van der Waals surface area (Å²) in [6.07, 6.45) is 7.11. The van der Waals surface area contributed by atoms with Crippen molar-refractivity contribution >= 4 is 11.8 Å². The van der Waals surface area contributed by atoms with E-state index in [1.165, 1.54) is 6.33 Å². The number of carbonyl (C=O) groups is 2. The van der Waals surface area contributed by atoms with Crippen molar-refractivity contribution in [2.24, 2.45) is 5.41 Å². The fraction of sp³-hybridized carbons (Fsp3) is 0.714. The normalized spacial score (nSPS) is 25.3. The Morgan fingerprint density at radius 3 is 3.10 bits per heavy atom. The monoisotopic (exact) mass is 291 g/mol. The van der Waals surface area contributed by atoms with E-state index in [1.54, 1.807) is 11.0 Å². The highest BCUT2D eigenvalue weighted by Gasteiger charge is 2.46. The summed E-state index contributed by atoms with van der Waals surface area (Å²) < 4.78 is 1.73. The minimum absolute atomic E-state index is 0.131. The van der Waals surface area contributed by atoms with Gasteiger partial charge in [-0.15, -0.1) is 0 Å². The van der Waals surface area contributed by atoms with Gasteiger partial charge < -0.3 is 10.2 Å². The Hall–Kier alpha value is -1.92. The maximum Gasteiger partial charge on any atom is 0.228 e. The van der Waals surface area contributed by atoms with E-state index in [4.69, 9.17) is 0 Å². The summed E-state index contributed by atoms with van der Waals surface area (Å²) in [5, 5.41) is 6.96. The van der Waals surface area contributed by atoms with Crippen LogP contribution in [0.1, 0.15) is 32.1 Å². The molecular formula is C14H21N5O2. The van der Waals surface area contributed by atoms with Crippen molar-refractivity contribution in [3.8, 4) is 0 Å². The molecule has 0 unspecified atom stereocenters. The third-order valence-corrected chi connectivity index (χ3v) is 4.55. The summed E-state index contributed by atoms with van der Waals surface area (Å²) in [5.74, 6) is 0.275. The van der Waals surface area contributed by atoms with Crippen LogP contribution in [-0.2, 0) is 16.1 Å². The average molecular weight is 291 g/mol. The second-order valence-corrected chi connectivity index (χ2v) is 5.97. The average Bonchev–Trinajstić information content (AvgIpc) is 3.13. The van der Waals surface area contributed by atoms with Gasteiger partial charge in [-0.25, -0.2) is 4.98 Å². The van der Waals surface area contributed by atoms with E-state index in [2.05, 4.69) is 15.4 Å². The fourth-order valence-electron chi connectivity index (χ4n) is 3.30. The zero-order valence-corrected chi connectivity index (χ0v) is 12.1. The summed E-state index contributed by atoms with van der Waals surface area (Å²) in [7, 11) is 0. The highest BCUT2D eigenvalue weighted by atomic mass is 16.2. The molecule has 1 atom stereocenters. The fourth-order valence-corrected chi connectivity index (χ4v) is 3.30. The molecule has 21 heavy (non-hydrogen) atoms. The molecule has 1 spiro atoms. The van der Waals surface area contributed by atoms with Gasteiger partial charge in [-0.1, -0.05) is 0 Å². The van der Waals surface area contributed by atoms with Gasteiger partial charge in [0.2, 0.25) is 11.8 Å². The number of hydrogen-bond acceptors (Lipinski definition) is 4. The molecule has 0 aromatic carbocycles. The summed E-state index contributed by atoms with van der Waals surface area (Å²) in [5.41, 5.74) is -0.320. The van der Waals surface area contributed by atoms with Crippen LogP contribution in [0.3, 0.4) is 0 Å². The van der Waals surface area contributed by atoms with Gasteiger partial charge in [-0.05, 0) is 25.7 Å².